The molecule has 1 heterocycles. The summed E-state index contributed by atoms with van der Waals surface area (Å²) in [6.45, 7) is 2.65. The van der Waals surface area contributed by atoms with Crippen LogP contribution < -0.4 is 5.73 Å². The van der Waals surface area contributed by atoms with Crippen molar-refractivity contribution >= 4 is 11.6 Å². The SMILES string of the molecule is Cc1ccccc1-c1c(Cl)nc(CCN)n1C. The van der Waals surface area contributed by atoms with E-state index < -0.39 is 0 Å². The Morgan fingerprint density at radius 3 is 2.71 bits per heavy atom. The van der Waals surface area contributed by atoms with Gasteiger partial charge in [-0.2, -0.15) is 0 Å². The topological polar surface area (TPSA) is 43.8 Å². The summed E-state index contributed by atoms with van der Waals surface area (Å²) in [6, 6.07) is 8.16. The first-order valence-electron chi connectivity index (χ1n) is 5.62. The van der Waals surface area contributed by atoms with Crippen molar-refractivity contribution in [2.75, 3.05) is 6.54 Å². The van der Waals surface area contributed by atoms with Crippen molar-refractivity contribution < 1.29 is 0 Å². The first kappa shape index (κ1) is 12.1. The van der Waals surface area contributed by atoms with E-state index in [-0.39, 0.29) is 0 Å². The van der Waals surface area contributed by atoms with Gasteiger partial charge in [0.1, 0.15) is 5.82 Å². The lowest BCUT2D eigenvalue weighted by Gasteiger charge is -2.08. The van der Waals surface area contributed by atoms with Crippen LogP contribution in [0.2, 0.25) is 5.15 Å². The van der Waals surface area contributed by atoms with Gasteiger partial charge in [-0.1, -0.05) is 35.9 Å². The van der Waals surface area contributed by atoms with Crippen molar-refractivity contribution in [1.29, 1.82) is 0 Å². The quantitative estimate of drug-likeness (QED) is 0.909. The van der Waals surface area contributed by atoms with Crippen molar-refractivity contribution in [1.82, 2.24) is 9.55 Å². The van der Waals surface area contributed by atoms with Crippen LogP contribution in [0.5, 0.6) is 0 Å². The van der Waals surface area contributed by atoms with Crippen LogP contribution >= 0.6 is 11.6 Å². The fourth-order valence-corrected chi connectivity index (χ4v) is 2.32. The predicted molar refractivity (Wildman–Crippen MR) is 71.1 cm³/mol. The summed E-state index contributed by atoms with van der Waals surface area (Å²) in [7, 11) is 1.98. The molecule has 2 N–H and O–H groups in total. The van der Waals surface area contributed by atoms with Gasteiger partial charge in [-0.3, -0.25) is 0 Å². The number of nitrogens with two attached hydrogens (primary N) is 1. The van der Waals surface area contributed by atoms with Gasteiger partial charge in [0, 0.05) is 19.0 Å². The molecule has 4 heteroatoms. The standard InChI is InChI=1S/C13H16ClN3/c1-9-5-3-4-6-10(9)12-13(14)16-11(7-8-15)17(12)2/h3-6H,7-8,15H2,1-2H3. The van der Waals surface area contributed by atoms with Crippen molar-refractivity contribution in [3.05, 3.63) is 40.8 Å². The van der Waals surface area contributed by atoms with Gasteiger partial charge in [-0.25, -0.2) is 4.98 Å². The molecule has 17 heavy (non-hydrogen) atoms. The zero-order chi connectivity index (χ0) is 12.4. The average molecular weight is 250 g/mol. The molecule has 0 amide bonds. The molecule has 0 saturated heterocycles. The first-order valence-corrected chi connectivity index (χ1v) is 6.00. The second kappa shape index (κ2) is 4.90. The molecule has 1 aromatic heterocycles. The lowest BCUT2D eigenvalue weighted by Crippen LogP contribution is -2.08. The van der Waals surface area contributed by atoms with Crippen LogP contribution in [0, 0.1) is 6.92 Å². The van der Waals surface area contributed by atoms with Gasteiger partial charge < -0.3 is 10.3 Å². The number of hydrogen-bond donors (Lipinski definition) is 1. The Labute approximate surface area is 106 Å². The van der Waals surface area contributed by atoms with E-state index >= 15 is 0 Å². The lowest BCUT2D eigenvalue weighted by atomic mass is 10.1. The molecular formula is C13H16ClN3. The van der Waals surface area contributed by atoms with Crippen LogP contribution in [-0.4, -0.2) is 16.1 Å². The van der Waals surface area contributed by atoms with Crippen LogP contribution in [-0.2, 0) is 13.5 Å². The predicted octanol–water partition coefficient (Wildman–Crippen LogP) is 2.55. The molecule has 0 spiro atoms. The van der Waals surface area contributed by atoms with Crippen molar-refractivity contribution in [3.63, 3.8) is 0 Å². The Morgan fingerprint density at radius 1 is 1.35 bits per heavy atom. The minimum absolute atomic E-state index is 0.547. The maximum absolute atomic E-state index is 6.22. The van der Waals surface area contributed by atoms with Gasteiger partial charge in [-0.15, -0.1) is 0 Å². The van der Waals surface area contributed by atoms with E-state index in [1.807, 2.05) is 23.7 Å². The highest BCUT2D eigenvalue weighted by molar-refractivity contribution is 6.32. The molecule has 0 bridgehead atoms. The van der Waals surface area contributed by atoms with Crippen LogP contribution in [0.3, 0.4) is 0 Å². The molecule has 90 valence electrons. The number of aromatic nitrogens is 2. The van der Waals surface area contributed by atoms with E-state index in [9.17, 15) is 0 Å². The van der Waals surface area contributed by atoms with E-state index in [1.165, 1.54) is 5.56 Å². The van der Waals surface area contributed by atoms with Gasteiger partial charge in [-0.05, 0) is 19.0 Å². The van der Waals surface area contributed by atoms with E-state index in [4.69, 9.17) is 17.3 Å². The summed E-state index contributed by atoms with van der Waals surface area (Å²) in [4.78, 5) is 4.37. The van der Waals surface area contributed by atoms with Gasteiger partial charge in [0.2, 0.25) is 0 Å². The number of nitrogens with zero attached hydrogens (tertiary/aromatic N) is 2. The zero-order valence-corrected chi connectivity index (χ0v) is 10.8. The van der Waals surface area contributed by atoms with Crippen molar-refractivity contribution in [3.8, 4) is 11.3 Å². The number of imidazole rings is 1. The average Bonchev–Trinajstić information content (AvgIpc) is 2.57. The summed E-state index contributed by atoms with van der Waals surface area (Å²) < 4.78 is 2.03. The Kier molecular flexibility index (Phi) is 3.50. The van der Waals surface area contributed by atoms with E-state index in [1.54, 1.807) is 0 Å². The molecule has 0 radical (unpaired) electrons. The number of benzene rings is 1. The monoisotopic (exact) mass is 249 g/mol. The fraction of sp³-hybridized carbons (Fsp3) is 0.308. The van der Waals surface area contributed by atoms with Crippen LogP contribution in [0.1, 0.15) is 11.4 Å². The highest BCUT2D eigenvalue weighted by Crippen LogP contribution is 2.30. The fourth-order valence-electron chi connectivity index (χ4n) is 1.99. The summed E-state index contributed by atoms with van der Waals surface area (Å²) >= 11 is 6.22. The second-order valence-corrected chi connectivity index (χ2v) is 4.44. The lowest BCUT2D eigenvalue weighted by molar-refractivity contribution is 0.782. The molecule has 3 nitrogen and oxygen atoms in total. The zero-order valence-electron chi connectivity index (χ0n) is 10.1. The third kappa shape index (κ3) is 2.21. The van der Waals surface area contributed by atoms with Gasteiger partial charge in [0.15, 0.2) is 5.15 Å². The van der Waals surface area contributed by atoms with Gasteiger partial charge in [0.25, 0.3) is 0 Å². The van der Waals surface area contributed by atoms with Crippen LogP contribution in [0.25, 0.3) is 11.3 Å². The van der Waals surface area contributed by atoms with Crippen LogP contribution in [0.4, 0.5) is 0 Å². The number of aryl methyl sites for hydroxylation is 1. The summed E-state index contributed by atoms with van der Waals surface area (Å²) in [5, 5.41) is 0.547. The molecule has 0 atom stereocenters. The number of halogens is 1. The first-order chi connectivity index (χ1) is 8.15. The molecule has 2 rings (SSSR count). The molecular weight excluding hydrogens is 234 g/mol. The molecule has 0 saturated carbocycles. The Balaban J connectivity index is 2.56. The Morgan fingerprint density at radius 2 is 2.06 bits per heavy atom. The van der Waals surface area contributed by atoms with E-state index in [2.05, 4.69) is 24.0 Å². The molecule has 0 aliphatic heterocycles. The molecule has 0 unspecified atom stereocenters. The summed E-state index contributed by atoms with van der Waals surface area (Å²) in [5.74, 6) is 0.927. The van der Waals surface area contributed by atoms with E-state index in [0.717, 1.165) is 23.5 Å². The highest BCUT2D eigenvalue weighted by atomic mass is 35.5. The minimum Gasteiger partial charge on any atom is -0.330 e. The molecule has 2 aromatic rings. The van der Waals surface area contributed by atoms with Crippen molar-refractivity contribution in [2.45, 2.75) is 13.3 Å². The second-order valence-electron chi connectivity index (χ2n) is 4.08. The maximum Gasteiger partial charge on any atom is 0.155 e. The third-order valence-corrected chi connectivity index (χ3v) is 3.18. The van der Waals surface area contributed by atoms with Gasteiger partial charge in [0.05, 0.1) is 5.69 Å². The molecule has 0 aliphatic rings. The summed E-state index contributed by atoms with van der Waals surface area (Å²) in [6.07, 6.45) is 0.738. The van der Waals surface area contributed by atoms with Gasteiger partial charge >= 0.3 is 0 Å². The Hall–Kier alpha value is -1.32. The van der Waals surface area contributed by atoms with Crippen LogP contribution in [0.15, 0.2) is 24.3 Å². The van der Waals surface area contributed by atoms with E-state index in [0.29, 0.717) is 11.7 Å². The third-order valence-electron chi connectivity index (χ3n) is 2.91. The molecule has 0 fully saturated rings. The molecule has 0 aliphatic carbocycles. The number of hydrogen-bond acceptors (Lipinski definition) is 2. The van der Waals surface area contributed by atoms with Crippen molar-refractivity contribution in [2.24, 2.45) is 12.8 Å². The smallest absolute Gasteiger partial charge is 0.155 e. The normalized spacial score (nSPS) is 10.8. The Bertz CT molecular complexity index is 531. The minimum atomic E-state index is 0.547. The summed E-state index contributed by atoms with van der Waals surface area (Å²) in [5.41, 5.74) is 8.84. The largest absolute Gasteiger partial charge is 0.330 e. The maximum atomic E-state index is 6.22. The number of rotatable bonds is 3. The molecule has 1 aromatic carbocycles. The highest BCUT2D eigenvalue weighted by Gasteiger charge is 2.15.